The predicted octanol–water partition coefficient (Wildman–Crippen LogP) is 5.08. The van der Waals surface area contributed by atoms with Crippen LogP contribution >= 0.6 is 15.9 Å². The molecule has 0 radical (unpaired) electrons. The van der Waals surface area contributed by atoms with E-state index in [0.29, 0.717) is 11.5 Å². The fourth-order valence-electron chi connectivity index (χ4n) is 2.94. The highest BCUT2D eigenvalue weighted by Gasteiger charge is 2.32. The highest BCUT2D eigenvalue weighted by atomic mass is 79.9. The molecule has 2 atom stereocenters. The van der Waals surface area contributed by atoms with E-state index < -0.39 is 0 Å². The summed E-state index contributed by atoms with van der Waals surface area (Å²) in [5.41, 5.74) is 1.75. The fourth-order valence-corrected chi connectivity index (χ4v) is 3.34. The summed E-state index contributed by atoms with van der Waals surface area (Å²) in [6.07, 6.45) is 3.91. The summed E-state index contributed by atoms with van der Waals surface area (Å²) in [6.45, 7) is 7.14. The minimum atomic E-state index is 0.519. The minimum Gasteiger partial charge on any atom is -0.381 e. The molecule has 2 rings (SSSR count). The summed E-state index contributed by atoms with van der Waals surface area (Å²) in [6, 6.07) is 9.01. The van der Waals surface area contributed by atoms with E-state index in [9.17, 15) is 0 Å². The van der Waals surface area contributed by atoms with Gasteiger partial charge in [-0.05, 0) is 58.7 Å². The molecule has 1 aromatic rings. The lowest BCUT2D eigenvalue weighted by atomic mass is 9.70. The van der Waals surface area contributed by atoms with Gasteiger partial charge in [0, 0.05) is 16.2 Å². The summed E-state index contributed by atoms with van der Waals surface area (Å²) >= 11 is 3.60. The van der Waals surface area contributed by atoms with Crippen molar-refractivity contribution < 1.29 is 0 Å². The zero-order valence-electron chi connectivity index (χ0n) is 11.0. The van der Waals surface area contributed by atoms with Gasteiger partial charge in [-0.25, -0.2) is 0 Å². The first-order chi connectivity index (χ1) is 7.98. The number of hydrogen-bond acceptors (Lipinski definition) is 1. The molecule has 1 aromatic carbocycles. The average molecular weight is 296 g/mol. The Hall–Kier alpha value is -0.500. The molecule has 0 aromatic heterocycles. The Labute approximate surface area is 113 Å². The topological polar surface area (TPSA) is 12.0 Å². The Bertz CT molecular complexity index is 386. The van der Waals surface area contributed by atoms with Crippen molar-refractivity contribution >= 4 is 21.6 Å². The number of benzene rings is 1. The van der Waals surface area contributed by atoms with E-state index in [1.54, 1.807) is 0 Å². The maximum absolute atomic E-state index is 3.69. The third-order valence-electron chi connectivity index (χ3n) is 3.91. The fraction of sp³-hybridized carbons (Fsp3) is 0.600. The van der Waals surface area contributed by atoms with Crippen LogP contribution in [0.15, 0.2) is 28.7 Å². The Balaban J connectivity index is 2.03. The lowest BCUT2D eigenvalue weighted by Gasteiger charge is -2.40. The molecule has 1 fully saturated rings. The monoisotopic (exact) mass is 295 g/mol. The molecule has 2 unspecified atom stereocenters. The zero-order chi connectivity index (χ0) is 12.5. The minimum absolute atomic E-state index is 0.519. The second-order valence-corrected chi connectivity index (χ2v) is 6.97. The Morgan fingerprint density at radius 1 is 1.29 bits per heavy atom. The molecule has 0 saturated heterocycles. The Morgan fingerprint density at radius 3 is 2.65 bits per heavy atom. The van der Waals surface area contributed by atoms with Gasteiger partial charge in [-0.2, -0.15) is 0 Å². The summed E-state index contributed by atoms with van der Waals surface area (Å²) < 4.78 is 1.16. The largest absolute Gasteiger partial charge is 0.381 e. The van der Waals surface area contributed by atoms with Gasteiger partial charge in [0.1, 0.15) is 0 Å². The van der Waals surface area contributed by atoms with Crippen LogP contribution in [0.4, 0.5) is 5.69 Å². The van der Waals surface area contributed by atoms with Gasteiger partial charge < -0.3 is 5.32 Å². The van der Waals surface area contributed by atoms with Crippen LogP contribution in [0.3, 0.4) is 0 Å². The van der Waals surface area contributed by atoms with Gasteiger partial charge in [-0.3, -0.25) is 0 Å². The highest BCUT2D eigenvalue weighted by molar-refractivity contribution is 9.10. The van der Waals surface area contributed by atoms with Crippen LogP contribution in [0, 0.1) is 11.3 Å². The maximum atomic E-state index is 3.69. The van der Waals surface area contributed by atoms with Gasteiger partial charge in [0.15, 0.2) is 0 Å². The van der Waals surface area contributed by atoms with Gasteiger partial charge in [0.2, 0.25) is 0 Å². The number of anilines is 1. The Morgan fingerprint density at radius 2 is 2.00 bits per heavy atom. The van der Waals surface area contributed by atoms with Gasteiger partial charge in [0.05, 0.1) is 0 Å². The van der Waals surface area contributed by atoms with Crippen LogP contribution in [-0.2, 0) is 0 Å². The van der Waals surface area contributed by atoms with Crippen molar-refractivity contribution in [2.45, 2.75) is 46.1 Å². The summed E-state index contributed by atoms with van der Waals surface area (Å²) in [5, 5.41) is 3.69. The standard InChI is InChI=1S/C15H22BrN/c1-11-10-15(2,3)9-8-13(11)17-14-7-5-4-6-12(14)16/h4-7,11,13,17H,8-10H2,1-3H3. The molecule has 1 N–H and O–H groups in total. The first kappa shape index (κ1) is 12.9. The van der Waals surface area contributed by atoms with Crippen molar-refractivity contribution in [1.29, 1.82) is 0 Å². The van der Waals surface area contributed by atoms with Crippen molar-refractivity contribution in [3.8, 4) is 0 Å². The van der Waals surface area contributed by atoms with E-state index in [1.807, 2.05) is 0 Å². The predicted molar refractivity (Wildman–Crippen MR) is 78.3 cm³/mol. The molecule has 0 spiro atoms. The number of halogens is 1. The maximum Gasteiger partial charge on any atom is 0.0486 e. The number of para-hydroxylation sites is 1. The third kappa shape index (κ3) is 3.25. The number of hydrogen-bond donors (Lipinski definition) is 1. The van der Waals surface area contributed by atoms with Crippen molar-refractivity contribution in [2.75, 3.05) is 5.32 Å². The molecule has 0 heterocycles. The smallest absolute Gasteiger partial charge is 0.0486 e. The highest BCUT2D eigenvalue weighted by Crippen LogP contribution is 2.40. The quantitative estimate of drug-likeness (QED) is 0.803. The summed E-state index contributed by atoms with van der Waals surface area (Å²) in [7, 11) is 0. The molecule has 1 aliphatic carbocycles. The van der Waals surface area contributed by atoms with Gasteiger partial charge in [0.25, 0.3) is 0 Å². The zero-order valence-corrected chi connectivity index (χ0v) is 12.5. The average Bonchev–Trinajstić information content (AvgIpc) is 2.24. The summed E-state index contributed by atoms with van der Waals surface area (Å²) in [5.74, 6) is 0.742. The van der Waals surface area contributed by atoms with Crippen LogP contribution in [0.1, 0.15) is 40.0 Å². The molecular weight excluding hydrogens is 274 g/mol. The molecule has 1 saturated carbocycles. The molecular formula is C15H22BrN. The van der Waals surface area contributed by atoms with Crippen molar-refractivity contribution in [3.05, 3.63) is 28.7 Å². The number of nitrogens with one attached hydrogen (secondary N) is 1. The SMILES string of the molecule is CC1CC(C)(C)CCC1Nc1ccccc1Br. The van der Waals surface area contributed by atoms with E-state index in [4.69, 9.17) is 0 Å². The van der Waals surface area contributed by atoms with Crippen LogP contribution in [-0.4, -0.2) is 6.04 Å². The summed E-state index contributed by atoms with van der Waals surface area (Å²) in [4.78, 5) is 0. The normalized spacial score (nSPS) is 27.8. The third-order valence-corrected chi connectivity index (χ3v) is 4.60. The van der Waals surface area contributed by atoms with Crippen LogP contribution in [0.2, 0.25) is 0 Å². The van der Waals surface area contributed by atoms with E-state index in [-0.39, 0.29) is 0 Å². The Kier molecular flexibility index (Phi) is 3.82. The van der Waals surface area contributed by atoms with Gasteiger partial charge in [-0.15, -0.1) is 0 Å². The van der Waals surface area contributed by atoms with E-state index in [0.717, 1.165) is 10.4 Å². The van der Waals surface area contributed by atoms with Gasteiger partial charge >= 0.3 is 0 Å². The first-order valence-electron chi connectivity index (χ1n) is 6.49. The van der Waals surface area contributed by atoms with E-state index >= 15 is 0 Å². The van der Waals surface area contributed by atoms with E-state index in [2.05, 4.69) is 66.3 Å². The van der Waals surface area contributed by atoms with Gasteiger partial charge in [-0.1, -0.05) is 32.9 Å². The second-order valence-electron chi connectivity index (χ2n) is 6.11. The number of rotatable bonds is 2. The van der Waals surface area contributed by atoms with Crippen molar-refractivity contribution in [3.63, 3.8) is 0 Å². The van der Waals surface area contributed by atoms with Crippen molar-refractivity contribution in [1.82, 2.24) is 0 Å². The molecule has 0 bridgehead atoms. The van der Waals surface area contributed by atoms with Crippen molar-refractivity contribution in [2.24, 2.45) is 11.3 Å². The molecule has 1 nitrogen and oxygen atoms in total. The molecule has 1 aliphatic rings. The molecule has 17 heavy (non-hydrogen) atoms. The van der Waals surface area contributed by atoms with Crippen LogP contribution in [0.25, 0.3) is 0 Å². The van der Waals surface area contributed by atoms with Crippen LogP contribution < -0.4 is 5.32 Å². The second kappa shape index (κ2) is 5.01. The lowest BCUT2D eigenvalue weighted by molar-refractivity contribution is 0.177. The lowest BCUT2D eigenvalue weighted by Crippen LogP contribution is -2.36. The van der Waals surface area contributed by atoms with Crippen LogP contribution in [0.5, 0.6) is 0 Å². The van der Waals surface area contributed by atoms with E-state index in [1.165, 1.54) is 24.9 Å². The molecule has 0 amide bonds. The molecule has 0 aliphatic heterocycles. The molecule has 2 heteroatoms. The first-order valence-corrected chi connectivity index (χ1v) is 7.28. The molecule has 94 valence electrons.